The van der Waals surface area contributed by atoms with Gasteiger partial charge >= 0.3 is 0 Å². The molecule has 1 aromatic rings. The van der Waals surface area contributed by atoms with Crippen LogP contribution in [0.15, 0.2) is 16.8 Å². The summed E-state index contributed by atoms with van der Waals surface area (Å²) in [6.07, 6.45) is 4.43. The van der Waals surface area contributed by atoms with E-state index in [-0.39, 0.29) is 11.6 Å². The summed E-state index contributed by atoms with van der Waals surface area (Å²) in [4.78, 5) is 2.46. The molecule has 1 aliphatic rings. The summed E-state index contributed by atoms with van der Waals surface area (Å²) in [6.45, 7) is 6.45. The molecule has 1 aromatic heterocycles. The van der Waals surface area contributed by atoms with Crippen LogP contribution in [0.25, 0.3) is 0 Å². The Hall–Kier alpha value is -0.380. The highest BCUT2D eigenvalue weighted by Crippen LogP contribution is 2.44. The normalized spacial score (nSPS) is 20.9. The zero-order chi connectivity index (χ0) is 12.3. The summed E-state index contributed by atoms with van der Waals surface area (Å²) in [5.41, 5.74) is 1.09. The Bertz CT molecular complexity index is 326. The van der Waals surface area contributed by atoms with E-state index < -0.39 is 0 Å². The van der Waals surface area contributed by atoms with Crippen molar-refractivity contribution >= 4 is 11.3 Å². The van der Waals surface area contributed by atoms with Gasteiger partial charge in [-0.05, 0) is 48.3 Å². The summed E-state index contributed by atoms with van der Waals surface area (Å²) < 4.78 is 0. The lowest BCUT2D eigenvalue weighted by molar-refractivity contribution is -0.0266. The van der Waals surface area contributed by atoms with Gasteiger partial charge in [-0.2, -0.15) is 11.3 Å². The standard InChI is InChI=1S/C14H23NOS/c1-3-15(4-2)14(8-5-6-9-14)13(16)12-7-10-17-11-12/h7,10-11,13,16H,3-6,8-9H2,1-2H3. The van der Waals surface area contributed by atoms with Crippen molar-refractivity contribution in [3.63, 3.8) is 0 Å². The van der Waals surface area contributed by atoms with Gasteiger partial charge in [-0.3, -0.25) is 4.90 Å². The second-order valence-electron chi connectivity index (χ2n) is 4.94. The maximum atomic E-state index is 10.8. The van der Waals surface area contributed by atoms with Crippen LogP contribution < -0.4 is 0 Å². The lowest BCUT2D eigenvalue weighted by Gasteiger charge is -2.43. The highest BCUT2D eigenvalue weighted by molar-refractivity contribution is 7.07. The maximum absolute atomic E-state index is 10.8. The third-order valence-corrected chi connectivity index (χ3v) is 4.93. The predicted molar refractivity (Wildman–Crippen MR) is 73.4 cm³/mol. The molecule has 0 spiro atoms. The van der Waals surface area contributed by atoms with E-state index >= 15 is 0 Å². The van der Waals surface area contributed by atoms with E-state index in [1.54, 1.807) is 11.3 Å². The molecule has 0 radical (unpaired) electrons. The van der Waals surface area contributed by atoms with Crippen LogP contribution in [0.2, 0.25) is 0 Å². The molecule has 1 aliphatic carbocycles. The van der Waals surface area contributed by atoms with E-state index in [4.69, 9.17) is 0 Å². The van der Waals surface area contributed by atoms with Gasteiger partial charge in [0.05, 0.1) is 11.6 Å². The fourth-order valence-electron chi connectivity index (χ4n) is 3.34. The zero-order valence-corrected chi connectivity index (χ0v) is 11.7. The Kier molecular flexibility index (Phi) is 4.23. The van der Waals surface area contributed by atoms with Gasteiger partial charge in [0, 0.05) is 0 Å². The molecule has 0 aliphatic heterocycles. The minimum absolute atomic E-state index is 0.00935. The second kappa shape index (κ2) is 5.51. The minimum atomic E-state index is -0.323. The zero-order valence-electron chi connectivity index (χ0n) is 10.9. The predicted octanol–water partition coefficient (Wildman–Crippen LogP) is 3.44. The van der Waals surface area contributed by atoms with Crippen molar-refractivity contribution in [1.82, 2.24) is 4.90 Å². The van der Waals surface area contributed by atoms with E-state index in [2.05, 4.69) is 35.6 Å². The molecule has 1 fully saturated rings. The Morgan fingerprint density at radius 2 is 2.00 bits per heavy atom. The van der Waals surface area contributed by atoms with E-state index in [0.717, 1.165) is 31.5 Å². The van der Waals surface area contributed by atoms with E-state index in [1.807, 2.05) is 0 Å². The average Bonchev–Trinajstić information content (AvgIpc) is 3.02. The van der Waals surface area contributed by atoms with Crippen LogP contribution in [0.1, 0.15) is 51.2 Å². The maximum Gasteiger partial charge on any atom is 0.0981 e. The number of rotatable bonds is 5. The number of nitrogens with zero attached hydrogens (tertiary/aromatic N) is 1. The van der Waals surface area contributed by atoms with Crippen molar-refractivity contribution < 1.29 is 5.11 Å². The number of aliphatic hydroxyl groups excluding tert-OH is 1. The summed E-state index contributed by atoms with van der Waals surface area (Å²) >= 11 is 1.67. The van der Waals surface area contributed by atoms with Crippen molar-refractivity contribution in [1.29, 1.82) is 0 Å². The van der Waals surface area contributed by atoms with Crippen LogP contribution >= 0.6 is 11.3 Å². The van der Waals surface area contributed by atoms with Crippen LogP contribution in [-0.2, 0) is 0 Å². The molecule has 2 rings (SSSR count). The van der Waals surface area contributed by atoms with Crippen molar-refractivity contribution in [2.75, 3.05) is 13.1 Å². The van der Waals surface area contributed by atoms with Crippen LogP contribution in [0.5, 0.6) is 0 Å². The summed E-state index contributed by atoms with van der Waals surface area (Å²) in [7, 11) is 0. The molecule has 0 bridgehead atoms. The van der Waals surface area contributed by atoms with E-state index in [0.29, 0.717) is 0 Å². The molecule has 1 saturated carbocycles. The lowest BCUT2D eigenvalue weighted by Crippen LogP contribution is -2.50. The third kappa shape index (κ3) is 2.28. The monoisotopic (exact) mass is 253 g/mol. The molecule has 1 atom stereocenters. The van der Waals surface area contributed by atoms with Crippen molar-refractivity contribution in [2.45, 2.75) is 51.2 Å². The number of likely N-dealkylation sites (N-methyl/N-ethyl adjacent to an activating group) is 1. The first-order valence-corrected chi connectivity index (χ1v) is 7.64. The van der Waals surface area contributed by atoms with Crippen LogP contribution in [0.3, 0.4) is 0 Å². The molecule has 0 aromatic carbocycles. The van der Waals surface area contributed by atoms with Gasteiger partial charge < -0.3 is 5.11 Å². The molecule has 1 heterocycles. The summed E-state index contributed by atoms with van der Waals surface area (Å²) in [5, 5.41) is 14.9. The van der Waals surface area contributed by atoms with Gasteiger partial charge in [0.1, 0.15) is 0 Å². The van der Waals surface area contributed by atoms with Gasteiger partial charge in [-0.25, -0.2) is 0 Å². The number of hydrogen-bond acceptors (Lipinski definition) is 3. The Labute approximate surface area is 108 Å². The summed E-state index contributed by atoms with van der Waals surface area (Å²) in [5.74, 6) is 0. The van der Waals surface area contributed by atoms with E-state index in [1.165, 1.54) is 12.8 Å². The number of hydrogen-bond donors (Lipinski definition) is 1. The fraction of sp³-hybridized carbons (Fsp3) is 0.714. The number of aliphatic hydroxyl groups is 1. The van der Waals surface area contributed by atoms with Gasteiger partial charge in [0.2, 0.25) is 0 Å². The summed E-state index contributed by atoms with van der Waals surface area (Å²) in [6, 6.07) is 2.07. The largest absolute Gasteiger partial charge is 0.386 e. The quantitative estimate of drug-likeness (QED) is 0.869. The topological polar surface area (TPSA) is 23.5 Å². The Morgan fingerprint density at radius 1 is 1.35 bits per heavy atom. The first kappa shape index (κ1) is 13.1. The second-order valence-corrected chi connectivity index (χ2v) is 5.72. The first-order chi connectivity index (χ1) is 8.24. The van der Waals surface area contributed by atoms with Gasteiger partial charge in [-0.1, -0.05) is 26.7 Å². The smallest absolute Gasteiger partial charge is 0.0981 e. The van der Waals surface area contributed by atoms with Gasteiger partial charge in [0.25, 0.3) is 0 Å². The molecule has 1 N–H and O–H groups in total. The third-order valence-electron chi connectivity index (χ3n) is 4.23. The molecule has 3 heteroatoms. The average molecular weight is 253 g/mol. The highest BCUT2D eigenvalue weighted by Gasteiger charge is 2.44. The van der Waals surface area contributed by atoms with Crippen molar-refractivity contribution in [2.24, 2.45) is 0 Å². The fourth-order valence-corrected chi connectivity index (χ4v) is 4.02. The SMILES string of the molecule is CCN(CC)C1(C(O)c2ccsc2)CCCC1. The van der Waals surface area contributed by atoms with Gasteiger partial charge in [0.15, 0.2) is 0 Å². The molecule has 96 valence electrons. The molecule has 0 saturated heterocycles. The molecule has 2 nitrogen and oxygen atoms in total. The molecular formula is C14H23NOS. The first-order valence-electron chi connectivity index (χ1n) is 6.70. The molecule has 17 heavy (non-hydrogen) atoms. The van der Waals surface area contributed by atoms with Crippen LogP contribution in [-0.4, -0.2) is 28.6 Å². The lowest BCUT2D eigenvalue weighted by atomic mass is 9.85. The van der Waals surface area contributed by atoms with Crippen molar-refractivity contribution in [3.05, 3.63) is 22.4 Å². The number of thiophene rings is 1. The van der Waals surface area contributed by atoms with Gasteiger partial charge in [-0.15, -0.1) is 0 Å². The van der Waals surface area contributed by atoms with Crippen LogP contribution in [0.4, 0.5) is 0 Å². The molecule has 0 amide bonds. The van der Waals surface area contributed by atoms with Crippen molar-refractivity contribution in [3.8, 4) is 0 Å². The van der Waals surface area contributed by atoms with E-state index in [9.17, 15) is 5.11 Å². The Balaban J connectivity index is 2.27. The van der Waals surface area contributed by atoms with Crippen LogP contribution in [0, 0.1) is 0 Å². The Morgan fingerprint density at radius 3 is 2.47 bits per heavy atom. The minimum Gasteiger partial charge on any atom is -0.386 e. The highest BCUT2D eigenvalue weighted by atomic mass is 32.1. The molecule has 1 unspecified atom stereocenters. The molecular weight excluding hydrogens is 230 g/mol.